The number of rotatable bonds is 4. The Hall–Kier alpha value is -4.18. The number of phenols is 1. The van der Waals surface area contributed by atoms with Crippen LogP contribution in [0.25, 0.3) is 11.1 Å². The SMILES string of the molecule is CC(=O)c1cccc(-c2cc(N(C)C)c3c(c2O)C(=O)C2C(=O)[C@]4(O)C(=O)C(C(N)=O)C(=O)C[C@@H]4C[C@@H]2C3)c1. The summed E-state index contributed by atoms with van der Waals surface area (Å²) in [4.78, 5) is 78.9. The number of hydrogen-bond acceptors (Lipinski definition) is 9. The zero-order valence-corrected chi connectivity index (χ0v) is 21.7. The van der Waals surface area contributed by atoms with Crippen molar-refractivity contribution in [3.8, 4) is 16.9 Å². The summed E-state index contributed by atoms with van der Waals surface area (Å²) in [6, 6.07) is 8.29. The average molecular weight is 533 g/mol. The van der Waals surface area contributed by atoms with Gasteiger partial charge in [0.25, 0.3) is 0 Å². The molecule has 0 aromatic heterocycles. The first-order valence-electron chi connectivity index (χ1n) is 12.6. The molecule has 2 aromatic carbocycles. The number of benzene rings is 2. The number of carbonyl (C=O) groups is 6. The van der Waals surface area contributed by atoms with Gasteiger partial charge < -0.3 is 20.8 Å². The fourth-order valence-corrected chi connectivity index (χ4v) is 6.54. The van der Waals surface area contributed by atoms with Gasteiger partial charge in [-0.3, -0.25) is 28.8 Å². The standard InChI is InChI=1S/C29H28N2O8/c1-12(32)13-5-4-6-14(7-13)17-11-19(31(2)3)18-9-15-8-16-10-20(33)23(28(30)38)27(37)29(16,39)26(36)21(15)25(35)22(18)24(17)34/h4-7,11,15-16,21,23,34,39H,8-10H2,1-3H3,(H2,30,38)/t15-,16+,21?,23?,29+/m1/s1. The number of nitrogens with zero attached hydrogens (tertiary/aromatic N) is 1. The summed E-state index contributed by atoms with van der Waals surface area (Å²) in [6.07, 6.45) is -0.180. The third-order valence-corrected chi connectivity index (χ3v) is 8.44. The number of fused-ring (bicyclic) bond motifs is 3. The predicted molar refractivity (Wildman–Crippen MR) is 138 cm³/mol. The van der Waals surface area contributed by atoms with E-state index < -0.39 is 58.3 Å². The van der Waals surface area contributed by atoms with E-state index >= 15 is 0 Å². The molecule has 0 bridgehead atoms. The van der Waals surface area contributed by atoms with Crippen molar-refractivity contribution in [2.75, 3.05) is 19.0 Å². The fourth-order valence-electron chi connectivity index (χ4n) is 6.54. The molecular formula is C29H28N2O8. The topological polar surface area (TPSA) is 172 Å². The van der Waals surface area contributed by atoms with Gasteiger partial charge in [-0.15, -0.1) is 0 Å². The monoisotopic (exact) mass is 532 g/mol. The van der Waals surface area contributed by atoms with E-state index in [9.17, 15) is 39.0 Å². The Morgan fingerprint density at radius 1 is 1.05 bits per heavy atom. The number of phenolic OH excluding ortho intramolecular Hbond substituents is 1. The van der Waals surface area contributed by atoms with Gasteiger partial charge in [-0.1, -0.05) is 18.2 Å². The first-order valence-corrected chi connectivity index (χ1v) is 12.6. The first kappa shape index (κ1) is 26.4. The highest BCUT2D eigenvalue weighted by Gasteiger charge is 2.66. The second-order valence-corrected chi connectivity index (χ2v) is 10.9. The second-order valence-electron chi connectivity index (χ2n) is 10.9. The van der Waals surface area contributed by atoms with E-state index in [-0.39, 0.29) is 41.9 Å². The number of aliphatic hydroxyl groups is 1. The van der Waals surface area contributed by atoms with Gasteiger partial charge in [0.2, 0.25) is 5.91 Å². The maximum absolute atomic E-state index is 14.0. The average Bonchev–Trinajstić information content (AvgIpc) is 2.86. The summed E-state index contributed by atoms with van der Waals surface area (Å²) in [6.45, 7) is 1.41. The minimum atomic E-state index is -2.70. The Labute approximate surface area is 223 Å². The number of Topliss-reactive ketones (excluding diaryl/α,β-unsaturated/α-hetero) is 5. The van der Waals surface area contributed by atoms with Crippen LogP contribution in [-0.4, -0.2) is 64.7 Å². The smallest absolute Gasteiger partial charge is 0.235 e. The molecule has 2 unspecified atom stereocenters. The zero-order chi connectivity index (χ0) is 28.5. The van der Waals surface area contributed by atoms with Crippen molar-refractivity contribution in [3.05, 3.63) is 47.0 Å². The molecule has 2 fully saturated rings. The summed E-state index contributed by atoms with van der Waals surface area (Å²) in [5.41, 5.74) is 4.75. The lowest BCUT2D eigenvalue weighted by Gasteiger charge is -2.48. The van der Waals surface area contributed by atoms with E-state index in [4.69, 9.17) is 5.73 Å². The number of ketones is 5. The largest absolute Gasteiger partial charge is 0.507 e. The Bertz CT molecular complexity index is 1510. The van der Waals surface area contributed by atoms with Crippen molar-refractivity contribution in [2.45, 2.75) is 31.8 Å². The highest BCUT2D eigenvalue weighted by molar-refractivity contribution is 6.31. The van der Waals surface area contributed by atoms with Gasteiger partial charge in [-0.05, 0) is 48.9 Å². The molecule has 5 atom stereocenters. The van der Waals surface area contributed by atoms with Gasteiger partial charge in [0.1, 0.15) is 5.75 Å². The molecule has 2 aromatic rings. The number of hydrogen-bond donors (Lipinski definition) is 3. The number of carbonyl (C=O) groups excluding carboxylic acids is 6. The van der Waals surface area contributed by atoms with Gasteiger partial charge >= 0.3 is 0 Å². The second kappa shape index (κ2) is 8.94. The van der Waals surface area contributed by atoms with Gasteiger partial charge in [0, 0.05) is 43.2 Å². The molecule has 3 aliphatic rings. The Kier molecular flexibility index (Phi) is 6.06. The molecule has 0 heterocycles. The van der Waals surface area contributed by atoms with E-state index in [0.717, 1.165) is 0 Å². The number of anilines is 1. The minimum Gasteiger partial charge on any atom is -0.507 e. The van der Waals surface area contributed by atoms with Gasteiger partial charge in [0.15, 0.2) is 40.4 Å². The maximum Gasteiger partial charge on any atom is 0.235 e. The molecular weight excluding hydrogens is 504 g/mol. The molecule has 1 amide bonds. The van der Waals surface area contributed by atoms with E-state index in [1.54, 1.807) is 49.3 Å². The quantitative estimate of drug-likeness (QED) is 0.387. The van der Waals surface area contributed by atoms with Crippen molar-refractivity contribution >= 4 is 40.5 Å². The molecule has 3 aliphatic carbocycles. The van der Waals surface area contributed by atoms with Crippen molar-refractivity contribution < 1.29 is 39.0 Å². The van der Waals surface area contributed by atoms with Gasteiger partial charge in [0.05, 0.1) is 11.5 Å². The van der Waals surface area contributed by atoms with E-state index in [0.29, 0.717) is 22.4 Å². The number of amides is 1. The van der Waals surface area contributed by atoms with Crippen LogP contribution in [0.2, 0.25) is 0 Å². The summed E-state index contributed by atoms with van der Waals surface area (Å²) < 4.78 is 0. The molecule has 5 rings (SSSR count). The molecule has 10 heteroatoms. The summed E-state index contributed by atoms with van der Waals surface area (Å²) >= 11 is 0. The van der Waals surface area contributed by atoms with E-state index in [1.165, 1.54) is 6.92 Å². The van der Waals surface area contributed by atoms with Crippen LogP contribution in [0, 0.1) is 23.7 Å². The zero-order valence-electron chi connectivity index (χ0n) is 21.7. The summed E-state index contributed by atoms with van der Waals surface area (Å²) in [5, 5.41) is 22.8. The summed E-state index contributed by atoms with van der Waals surface area (Å²) in [7, 11) is 3.54. The lowest BCUT2D eigenvalue weighted by Crippen LogP contribution is -2.68. The molecule has 0 spiro atoms. The molecule has 10 nitrogen and oxygen atoms in total. The van der Waals surface area contributed by atoms with Crippen LogP contribution >= 0.6 is 0 Å². The van der Waals surface area contributed by atoms with Crippen LogP contribution in [0.1, 0.15) is 46.0 Å². The Morgan fingerprint density at radius 3 is 2.36 bits per heavy atom. The highest BCUT2D eigenvalue weighted by Crippen LogP contribution is 2.52. The Balaban J connectivity index is 1.66. The van der Waals surface area contributed by atoms with Crippen molar-refractivity contribution in [2.24, 2.45) is 29.4 Å². The molecule has 0 aliphatic heterocycles. The van der Waals surface area contributed by atoms with Gasteiger partial charge in [-0.25, -0.2) is 0 Å². The predicted octanol–water partition coefficient (Wildman–Crippen LogP) is 1.26. The summed E-state index contributed by atoms with van der Waals surface area (Å²) in [5.74, 6) is -10.8. The molecule has 39 heavy (non-hydrogen) atoms. The van der Waals surface area contributed by atoms with Crippen molar-refractivity contribution in [1.82, 2.24) is 0 Å². The third kappa shape index (κ3) is 3.73. The molecule has 4 N–H and O–H groups in total. The molecule has 0 radical (unpaired) electrons. The normalized spacial score (nSPS) is 27.9. The van der Waals surface area contributed by atoms with Gasteiger partial charge in [-0.2, -0.15) is 0 Å². The number of aromatic hydroxyl groups is 1. The van der Waals surface area contributed by atoms with Crippen LogP contribution in [-0.2, 0) is 25.6 Å². The third-order valence-electron chi connectivity index (χ3n) is 8.44. The maximum atomic E-state index is 14.0. The Morgan fingerprint density at radius 2 is 1.74 bits per heavy atom. The van der Waals surface area contributed by atoms with Crippen molar-refractivity contribution in [3.63, 3.8) is 0 Å². The fraction of sp³-hybridized carbons (Fsp3) is 0.379. The van der Waals surface area contributed by atoms with Crippen LogP contribution < -0.4 is 10.6 Å². The van der Waals surface area contributed by atoms with E-state index in [1.807, 2.05) is 0 Å². The van der Waals surface area contributed by atoms with Crippen LogP contribution in [0.5, 0.6) is 5.75 Å². The molecule has 0 saturated heterocycles. The number of primary amides is 1. The lowest BCUT2D eigenvalue weighted by atomic mass is 9.53. The molecule has 2 saturated carbocycles. The highest BCUT2D eigenvalue weighted by atomic mass is 16.3. The minimum absolute atomic E-state index is 0.0249. The molecule has 202 valence electrons. The first-order chi connectivity index (χ1) is 18.3. The number of nitrogens with two attached hydrogens (primary N) is 1. The van der Waals surface area contributed by atoms with Crippen LogP contribution in [0.15, 0.2) is 30.3 Å². The van der Waals surface area contributed by atoms with Crippen LogP contribution in [0.4, 0.5) is 5.69 Å². The van der Waals surface area contributed by atoms with E-state index in [2.05, 4.69) is 0 Å². The van der Waals surface area contributed by atoms with Crippen LogP contribution in [0.3, 0.4) is 0 Å². The lowest BCUT2D eigenvalue weighted by molar-refractivity contribution is -0.175. The van der Waals surface area contributed by atoms with Crippen molar-refractivity contribution in [1.29, 1.82) is 0 Å².